The smallest absolute Gasteiger partial charge is 0.120 e. The predicted octanol–water partition coefficient (Wildman–Crippen LogP) is 2.09. The van der Waals surface area contributed by atoms with Crippen LogP contribution in [0.2, 0.25) is 0 Å². The highest BCUT2D eigenvalue weighted by Crippen LogP contribution is 2.15. The third-order valence-corrected chi connectivity index (χ3v) is 2.74. The second-order valence-electron chi connectivity index (χ2n) is 4.01. The molecule has 3 nitrogen and oxygen atoms in total. The SMILES string of the molecule is N#Cc1cccc(OCC2CCCC[N]2)c1. The summed E-state index contributed by atoms with van der Waals surface area (Å²) < 4.78 is 5.64. The Balaban J connectivity index is 1.86. The summed E-state index contributed by atoms with van der Waals surface area (Å²) in [5.74, 6) is 0.764. The second kappa shape index (κ2) is 5.53. The summed E-state index contributed by atoms with van der Waals surface area (Å²) in [5, 5.41) is 13.3. The summed E-state index contributed by atoms with van der Waals surface area (Å²) in [7, 11) is 0. The van der Waals surface area contributed by atoms with Gasteiger partial charge in [0.05, 0.1) is 17.7 Å². The van der Waals surface area contributed by atoms with Crippen LogP contribution in [-0.4, -0.2) is 19.2 Å². The summed E-state index contributed by atoms with van der Waals surface area (Å²) in [6.45, 7) is 1.60. The molecule has 1 saturated heterocycles. The normalized spacial score (nSPS) is 20.1. The van der Waals surface area contributed by atoms with Crippen molar-refractivity contribution in [3.8, 4) is 11.8 Å². The van der Waals surface area contributed by atoms with E-state index in [2.05, 4.69) is 11.4 Å². The van der Waals surface area contributed by atoms with Crippen LogP contribution in [0.25, 0.3) is 0 Å². The highest BCUT2D eigenvalue weighted by molar-refractivity contribution is 5.36. The minimum atomic E-state index is 0.333. The van der Waals surface area contributed by atoms with Crippen LogP contribution < -0.4 is 10.1 Å². The van der Waals surface area contributed by atoms with Crippen molar-refractivity contribution in [2.45, 2.75) is 25.3 Å². The van der Waals surface area contributed by atoms with Crippen molar-refractivity contribution in [2.75, 3.05) is 13.2 Å². The number of rotatable bonds is 3. The van der Waals surface area contributed by atoms with Gasteiger partial charge in [-0.25, -0.2) is 5.32 Å². The third kappa shape index (κ3) is 2.98. The highest BCUT2D eigenvalue weighted by Gasteiger charge is 2.14. The number of hydrogen-bond acceptors (Lipinski definition) is 2. The van der Waals surface area contributed by atoms with E-state index in [4.69, 9.17) is 10.00 Å². The molecule has 0 aliphatic carbocycles. The Hall–Kier alpha value is -1.53. The molecule has 1 aromatic carbocycles. The van der Waals surface area contributed by atoms with Crippen molar-refractivity contribution in [3.63, 3.8) is 0 Å². The molecule has 1 aliphatic heterocycles. The Morgan fingerprint density at radius 2 is 2.38 bits per heavy atom. The van der Waals surface area contributed by atoms with Gasteiger partial charge in [0.15, 0.2) is 0 Å². The van der Waals surface area contributed by atoms with E-state index in [1.54, 1.807) is 12.1 Å². The Morgan fingerprint density at radius 3 is 3.12 bits per heavy atom. The molecule has 0 saturated carbocycles. The van der Waals surface area contributed by atoms with Gasteiger partial charge in [0.1, 0.15) is 12.4 Å². The molecule has 1 heterocycles. The van der Waals surface area contributed by atoms with Crippen LogP contribution in [-0.2, 0) is 0 Å². The van der Waals surface area contributed by atoms with E-state index in [0.29, 0.717) is 18.2 Å². The molecule has 0 bridgehead atoms. The van der Waals surface area contributed by atoms with Gasteiger partial charge in [0, 0.05) is 6.54 Å². The van der Waals surface area contributed by atoms with Gasteiger partial charge in [0.2, 0.25) is 0 Å². The van der Waals surface area contributed by atoms with Crippen molar-refractivity contribution in [3.05, 3.63) is 29.8 Å². The van der Waals surface area contributed by atoms with Gasteiger partial charge in [-0.3, -0.25) is 0 Å². The van der Waals surface area contributed by atoms with Gasteiger partial charge < -0.3 is 4.74 Å². The first-order valence-electron chi connectivity index (χ1n) is 5.68. The minimum absolute atomic E-state index is 0.333. The predicted molar refractivity (Wildman–Crippen MR) is 61.3 cm³/mol. The summed E-state index contributed by atoms with van der Waals surface area (Å²) in [5.41, 5.74) is 0.637. The van der Waals surface area contributed by atoms with Crippen LogP contribution in [0.15, 0.2) is 24.3 Å². The van der Waals surface area contributed by atoms with E-state index in [9.17, 15) is 0 Å². The van der Waals surface area contributed by atoms with E-state index in [1.165, 1.54) is 12.8 Å². The lowest BCUT2D eigenvalue weighted by Crippen LogP contribution is -2.33. The fourth-order valence-corrected chi connectivity index (χ4v) is 1.84. The van der Waals surface area contributed by atoms with Crippen LogP contribution in [0.5, 0.6) is 5.75 Å². The van der Waals surface area contributed by atoms with Crippen molar-refractivity contribution >= 4 is 0 Å². The maximum atomic E-state index is 8.75. The molecule has 1 aliphatic rings. The van der Waals surface area contributed by atoms with Gasteiger partial charge >= 0.3 is 0 Å². The molecule has 83 valence electrons. The molecular formula is C13H15N2O. The van der Waals surface area contributed by atoms with E-state index in [1.807, 2.05) is 12.1 Å². The monoisotopic (exact) mass is 215 g/mol. The van der Waals surface area contributed by atoms with Crippen LogP contribution >= 0.6 is 0 Å². The van der Waals surface area contributed by atoms with Gasteiger partial charge in [-0.1, -0.05) is 12.5 Å². The number of ether oxygens (including phenoxy) is 1. The zero-order valence-corrected chi connectivity index (χ0v) is 9.22. The zero-order valence-electron chi connectivity index (χ0n) is 9.22. The molecule has 1 unspecified atom stereocenters. The van der Waals surface area contributed by atoms with Crippen molar-refractivity contribution in [1.29, 1.82) is 5.26 Å². The zero-order chi connectivity index (χ0) is 11.2. The number of hydrogen-bond donors (Lipinski definition) is 0. The Kier molecular flexibility index (Phi) is 3.79. The van der Waals surface area contributed by atoms with Crippen LogP contribution in [0.3, 0.4) is 0 Å². The molecule has 16 heavy (non-hydrogen) atoms. The van der Waals surface area contributed by atoms with E-state index >= 15 is 0 Å². The molecule has 0 spiro atoms. The van der Waals surface area contributed by atoms with Gasteiger partial charge in [-0.05, 0) is 31.0 Å². The molecule has 0 N–H and O–H groups in total. The molecule has 0 amide bonds. The largest absolute Gasteiger partial charge is 0.492 e. The van der Waals surface area contributed by atoms with E-state index in [0.717, 1.165) is 18.7 Å². The van der Waals surface area contributed by atoms with Gasteiger partial charge in [-0.15, -0.1) is 0 Å². The first-order chi connectivity index (χ1) is 7.88. The fourth-order valence-electron chi connectivity index (χ4n) is 1.84. The molecule has 3 heteroatoms. The highest BCUT2D eigenvalue weighted by atomic mass is 16.5. The molecular weight excluding hydrogens is 200 g/mol. The Labute approximate surface area is 96.0 Å². The Morgan fingerprint density at radius 1 is 1.44 bits per heavy atom. The van der Waals surface area contributed by atoms with Crippen LogP contribution in [0.4, 0.5) is 0 Å². The second-order valence-corrected chi connectivity index (χ2v) is 4.01. The number of nitriles is 1. The molecule has 0 aromatic heterocycles. The Bertz CT molecular complexity index is 378. The van der Waals surface area contributed by atoms with Gasteiger partial charge in [-0.2, -0.15) is 5.26 Å². The fraction of sp³-hybridized carbons (Fsp3) is 0.462. The summed E-state index contributed by atoms with van der Waals surface area (Å²) in [6.07, 6.45) is 3.58. The quantitative estimate of drug-likeness (QED) is 0.775. The molecule has 1 radical (unpaired) electrons. The van der Waals surface area contributed by atoms with Gasteiger partial charge in [0.25, 0.3) is 0 Å². The van der Waals surface area contributed by atoms with Crippen LogP contribution in [0.1, 0.15) is 24.8 Å². The maximum absolute atomic E-state index is 8.75. The lowest BCUT2D eigenvalue weighted by molar-refractivity contribution is 0.236. The van der Waals surface area contributed by atoms with Crippen molar-refractivity contribution in [1.82, 2.24) is 5.32 Å². The number of piperidine rings is 1. The number of benzene rings is 1. The van der Waals surface area contributed by atoms with Crippen LogP contribution in [0, 0.1) is 11.3 Å². The maximum Gasteiger partial charge on any atom is 0.120 e. The minimum Gasteiger partial charge on any atom is -0.492 e. The van der Waals surface area contributed by atoms with Crippen molar-refractivity contribution in [2.24, 2.45) is 0 Å². The standard InChI is InChI=1S/C13H15N2O/c14-9-11-4-3-6-13(8-11)16-10-12-5-1-2-7-15-12/h3-4,6,8,12H,1-2,5,7,10H2. The summed E-state index contributed by atoms with van der Waals surface area (Å²) in [6, 6.07) is 9.69. The lowest BCUT2D eigenvalue weighted by Gasteiger charge is -2.21. The topological polar surface area (TPSA) is 47.1 Å². The first-order valence-corrected chi connectivity index (χ1v) is 5.68. The van der Waals surface area contributed by atoms with Crippen molar-refractivity contribution < 1.29 is 4.74 Å². The molecule has 1 aromatic rings. The van der Waals surface area contributed by atoms with E-state index < -0.39 is 0 Å². The number of nitrogens with zero attached hydrogens (tertiary/aromatic N) is 2. The third-order valence-electron chi connectivity index (χ3n) is 2.74. The molecule has 1 atom stereocenters. The lowest BCUT2D eigenvalue weighted by atomic mass is 10.1. The molecule has 1 fully saturated rings. The summed E-state index contributed by atoms with van der Waals surface area (Å²) in [4.78, 5) is 0. The average molecular weight is 215 g/mol. The first kappa shape index (κ1) is 11.0. The van der Waals surface area contributed by atoms with E-state index in [-0.39, 0.29) is 0 Å². The molecule has 2 rings (SSSR count). The summed E-state index contributed by atoms with van der Waals surface area (Å²) >= 11 is 0. The average Bonchev–Trinajstić information content (AvgIpc) is 2.38.